The van der Waals surface area contributed by atoms with Gasteiger partial charge in [0.2, 0.25) is 17.7 Å². The van der Waals surface area contributed by atoms with Gasteiger partial charge in [0, 0.05) is 31.6 Å². The number of unbranched alkanes of at least 4 members (excludes halogenated alkanes) is 2. The number of aliphatic hydroxyl groups excluding tert-OH is 1. The number of halogens is 1. The van der Waals surface area contributed by atoms with Gasteiger partial charge in [-0.25, -0.2) is 0 Å². The number of hydrogen-bond acceptors (Lipinski definition) is 5. The third-order valence-electron chi connectivity index (χ3n) is 6.22. The van der Waals surface area contributed by atoms with Crippen molar-refractivity contribution in [2.45, 2.75) is 61.6 Å². The molecule has 2 bridgehead atoms. The second kappa shape index (κ2) is 8.67. The lowest BCUT2D eigenvalue weighted by Gasteiger charge is -2.34. The Kier molecular flexibility index (Phi) is 6.66. The molecular weight excluding hydrogens is 430 g/mol. The normalized spacial score (nSPS) is 35.9. The van der Waals surface area contributed by atoms with E-state index in [1.54, 1.807) is 7.05 Å². The van der Waals surface area contributed by atoms with Crippen molar-refractivity contribution in [1.82, 2.24) is 15.5 Å². The van der Waals surface area contributed by atoms with E-state index in [2.05, 4.69) is 33.5 Å². The molecule has 0 aromatic carbocycles. The molecule has 3 N–H and O–H groups in total. The van der Waals surface area contributed by atoms with Gasteiger partial charge in [0.25, 0.3) is 0 Å². The van der Waals surface area contributed by atoms with Crippen LogP contribution in [0.1, 0.15) is 39.0 Å². The van der Waals surface area contributed by atoms with Crippen LogP contribution >= 0.6 is 15.9 Å². The molecule has 28 heavy (non-hydrogen) atoms. The molecular formula is C19H30BrN3O5. The number of rotatable bonds is 9. The van der Waals surface area contributed by atoms with Gasteiger partial charge in [0.1, 0.15) is 11.6 Å². The highest BCUT2D eigenvalue weighted by atomic mass is 79.9. The number of nitrogens with one attached hydrogen (secondary N) is 2. The number of amides is 3. The molecule has 0 aliphatic carbocycles. The maximum Gasteiger partial charge on any atom is 0.245 e. The molecule has 3 aliphatic heterocycles. The number of carbonyl (C=O) groups excluding carboxylic acids is 3. The van der Waals surface area contributed by atoms with Gasteiger partial charge in [-0.1, -0.05) is 35.7 Å². The predicted octanol–water partition coefficient (Wildman–Crippen LogP) is 0.169. The van der Waals surface area contributed by atoms with Crippen molar-refractivity contribution in [2.24, 2.45) is 11.8 Å². The van der Waals surface area contributed by atoms with E-state index < -0.39 is 29.6 Å². The van der Waals surface area contributed by atoms with Crippen LogP contribution in [0.3, 0.4) is 0 Å². The molecule has 3 unspecified atom stereocenters. The highest BCUT2D eigenvalue weighted by Crippen LogP contribution is 2.59. The molecule has 3 saturated heterocycles. The van der Waals surface area contributed by atoms with E-state index >= 15 is 0 Å². The van der Waals surface area contributed by atoms with Crippen LogP contribution in [0.15, 0.2) is 0 Å². The van der Waals surface area contributed by atoms with Crippen LogP contribution in [0.2, 0.25) is 0 Å². The number of hydrogen-bond donors (Lipinski definition) is 3. The first-order valence-corrected chi connectivity index (χ1v) is 11.1. The van der Waals surface area contributed by atoms with E-state index in [0.29, 0.717) is 19.4 Å². The molecule has 6 atom stereocenters. The van der Waals surface area contributed by atoms with Crippen molar-refractivity contribution in [3.8, 4) is 0 Å². The standard InChI is InChI=1S/C19H30BrN3O5/c1-3-4-5-7-22-17(26)15-19-10-11(20)14(28-19)12(16(25)21-2)13(19)18(27)23(15)8-6-9-24/h11-15,24H,3-10H2,1-2H3,(H,21,25)(H,22,26)/t11?,12-,13-,14-,15?,19?/m0/s1. The van der Waals surface area contributed by atoms with Crippen LogP contribution in [-0.2, 0) is 19.1 Å². The van der Waals surface area contributed by atoms with Crippen LogP contribution in [-0.4, -0.2) is 77.0 Å². The first kappa shape index (κ1) is 21.5. The quantitative estimate of drug-likeness (QED) is 0.336. The minimum absolute atomic E-state index is 0.0737. The summed E-state index contributed by atoms with van der Waals surface area (Å²) < 4.78 is 6.28. The molecule has 8 nitrogen and oxygen atoms in total. The first-order chi connectivity index (χ1) is 13.4. The van der Waals surface area contributed by atoms with E-state index in [-0.39, 0.29) is 35.7 Å². The Morgan fingerprint density at radius 1 is 1.32 bits per heavy atom. The first-order valence-electron chi connectivity index (χ1n) is 10.2. The molecule has 0 radical (unpaired) electrons. The van der Waals surface area contributed by atoms with Crippen molar-refractivity contribution >= 4 is 33.7 Å². The van der Waals surface area contributed by atoms with E-state index in [1.165, 1.54) is 4.90 Å². The van der Waals surface area contributed by atoms with Gasteiger partial charge in [0.05, 0.1) is 17.9 Å². The van der Waals surface area contributed by atoms with Gasteiger partial charge in [-0.2, -0.15) is 0 Å². The fraction of sp³-hybridized carbons (Fsp3) is 0.842. The smallest absolute Gasteiger partial charge is 0.245 e. The summed E-state index contributed by atoms with van der Waals surface area (Å²) in [6.07, 6.45) is 3.40. The summed E-state index contributed by atoms with van der Waals surface area (Å²) in [7, 11) is 1.55. The van der Waals surface area contributed by atoms with Gasteiger partial charge in [-0.15, -0.1) is 0 Å². The van der Waals surface area contributed by atoms with Crippen LogP contribution in [0.5, 0.6) is 0 Å². The zero-order chi connectivity index (χ0) is 20.5. The maximum atomic E-state index is 13.3. The van der Waals surface area contributed by atoms with Crippen molar-refractivity contribution < 1.29 is 24.2 Å². The van der Waals surface area contributed by atoms with E-state index in [4.69, 9.17) is 4.74 Å². The molecule has 3 heterocycles. The molecule has 0 saturated carbocycles. The van der Waals surface area contributed by atoms with Gasteiger partial charge >= 0.3 is 0 Å². The molecule has 3 amide bonds. The Hall–Kier alpha value is -1.19. The summed E-state index contributed by atoms with van der Waals surface area (Å²) >= 11 is 3.60. The largest absolute Gasteiger partial charge is 0.396 e. The molecule has 1 spiro atoms. The highest BCUT2D eigenvalue weighted by Gasteiger charge is 2.76. The lowest BCUT2D eigenvalue weighted by atomic mass is 9.70. The Morgan fingerprint density at radius 2 is 2.07 bits per heavy atom. The van der Waals surface area contributed by atoms with E-state index in [1.807, 2.05) is 0 Å². The Bertz CT molecular complexity index is 633. The fourth-order valence-corrected chi connectivity index (χ4v) is 6.00. The number of nitrogens with zero attached hydrogens (tertiary/aromatic N) is 1. The van der Waals surface area contributed by atoms with Crippen LogP contribution in [0, 0.1) is 11.8 Å². The summed E-state index contributed by atoms with van der Waals surface area (Å²) in [5.74, 6) is -1.98. The number of likely N-dealkylation sites (tertiary alicyclic amines) is 1. The number of fused-ring (bicyclic) bond motifs is 1. The van der Waals surface area contributed by atoms with Crippen LogP contribution in [0.25, 0.3) is 0 Å². The van der Waals surface area contributed by atoms with Crippen molar-refractivity contribution in [3.05, 3.63) is 0 Å². The summed E-state index contributed by atoms with van der Waals surface area (Å²) in [4.78, 5) is 40.4. The average molecular weight is 460 g/mol. The van der Waals surface area contributed by atoms with Crippen molar-refractivity contribution in [1.29, 1.82) is 0 Å². The molecule has 3 rings (SSSR count). The third-order valence-corrected chi connectivity index (χ3v) is 7.07. The molecule has 3 aliphatic rings. The minimum atomic E-state index is -1.00. The zero-order valence-corrected chi connectivity index (χ0v) is 18.0. The van der Waals surface area contributed by atoms with Gasteiger partial charge in [0.15, 0.2) is 0 Å². The molecule has 158 valence electrons. The maximum absolute atomic E-state index is 13.3. The van der Waals surface area contributed by atoms with Crippen LogP contribution < -0.4 is 10.6 Å². The van der Waals surface area contributed by atoms with Gasteiger partial charge in [-0.3, -0.25) is 14.4 Å². The predicted molar refractivity (Wildman–Crippen MR) is 106 cm³/mol. The number of aliphatic hydroxyl groups is 1. The second-order valence-corrected chi connectivity index (χ2v) is 9.06. The number of carbonyl (C=O) groups is 3. The monoisotopic (exact) mass is 459 g/mol. The van der Waals surface area contributed by atoms with Gasteiger partial charge in [-0.05, 0) is 19.3 Å². The Morgan fingerprint density at radius 3 is 2.71 bits per heavy atom. The third kappa shape index (κ3) is 3.35. The Balaban J connectivity index is 1.90. The Labute approximate surface area is 173 Å². The SMILES string of the molecule is CCCCCNC(=O)C1N(CCCO)C(=O)[C@@H]2[C@H](C(=O)NC)[C@H]3OC12CC3Br. The molecule has 3 fully saturated rings. The zero-order valence-electron chi connectivity index (χ0n) is 16.4. The lowest BCUT2D eigenvalue weighted by molar-refractivity contribution is -0.142. The average Bonchev–Trinajstić information content (AvgIpc) is 3.26. The van der Waals surface area contributed by atoms with Gasteiger partial charge < -0.3 is 25.4 Å². The molecule has 9 heteroatoms. The molecule has 0 aromatic heterocycles. The second-order valence-electron chi connectivity index (χ2n) is 7.88. The molecule has 0 aromatic rings. The summed E-state index contributed by atoms with van der Waals surface area (Å²) in [5.41, 5.74) is -1.00. The van der Waals surface area contributed by atoms with Crippen LogP contribution in [0.4, 0.5) is 0 Å². The summed E-state index contributed by atoms with van der Waals surface area (Å²) in [6, 6.07) is -0.780. The van der Waals surface area contributed by atoms with E-state index in [0.717, 1.165) is 19.3 Å². The van der Waals surface area contributed by atoms with Crippen molar-refractivity contribution in [3.63, 3.8) is 0 Å². The van der Waals surface area contributed by atoms with Crippen molar-refractivity contribution in [2.75, 3.05) is 26.7 Å². The number of ether oxygens (including phenoxy) is 1. The minimum Gasteiger partial charge on any atom is -0.396 e. The summed E-state index contributed by atoms with van der Waals surface area (Å²) in [5, 5.41) is 14.8. The number of alkyl halides is 1. The highest BCUT2D eigenvalue weighted by molar-refractivity contribution is 9.09. The fourth-order valence-electron chi connectivity index (χ4n) is 5.06. The summed E-state index contributed by atoms with van der Waals surface area (Å²) in [6.45, 7) is 2.83. The topological polar surface area (TPSA) is 108 Å². The van der Waals surface area contributed by atoms with E-state index in [9.17, 15) is 19.5 Å². The lowest BCUT2D eigenvalue weighted by Crippen LogP contribution is -2.56.